The number of carbonyl (C=O) groups is 1. The Morgan fingerprint density at radius 2 is 1.96 bits per heavy atom. The van der Waals surface area contributed by atoms with Gasteiger partial charge in [0.15, 0.2) is 0 Å². The van der Waals surface area contributed by atoms with Gasteiger partial charge in [-0.05, 0) is 30.3 Å². The van der Waals surface area contributed by atoms with E-state index in [9.17, 15) is 4.79 Å². The molecule has 0 aliphatic rings. The fourth-order valence-electron chi connectivity index (χ4n) is 2.22. The van der Waals surface area contributed by atoms with Crippen LogP contribution in [0.5, 0.6) is 0 Å². The average molecular weight is 307 g/mol. The molecule has 3 rings (SSSR count). The zero-order chi connectivity index (χ0) is 15.9. The third kappa shape index (κ3) is 3.74. The normalized spacial score (nSPS) is 10.3. The molecule has 0 radical (unpaired) electrons. The molecule has 116 valence electrons. The molecule has 0 saturated heterocycles. The molecule has 2 N–H and O–H groups in total. The van der Waals surface area contributed by atoms with E-state index in [-0.39, 0.29) is 5.91 Å². The fraction of sp³-hybridized carbons (Fsp3) is 0.118. The summed E-state index contributed by atoms with van der Waals surface area (Å²) in [4.78, 5) is 16.4. The largest absolute Gasteiger partial charge is 0.382 e. The number of nitrogens with zero attached hydrogens (tertiary/aromatic N) is 3. The van der Waals surface area contributed by atoms with E-state index in [0.717, 1.165) is 11.4 Å². The minimum absolute atomic E-state index is 0.121. The number of nitrogens with one attached hydrogen (secondary N) is 2. The first kappa shape index (κ1) is 14.8. The van der Waals surface area contributed by atoms with Crippen LogP contribution in [0, 0.1) is 0 Å². The number of rotatable bonds is 6. The number of amides is 1. The van der Waals surface area contributed by atoms with Gasteiger partial charge in [-0.3, -0.25) is 9.78 Å². The van der Waals surface area contributed by atoms with Crippen molar-refractivity contribution in [3.8, 4) is 5.69 Å². The van der Waals surface area contributed by atoms with Crippen LogP contribution in [0.4, 0.5) is 5.69 Å². The Balaban J connectivity index is 1.59. The first-order valence-electron chi connectivity index (χ1n) is 7.36. The summed E-state index contributed by atoms with van der Waals surface area (Å²) < 4.78 is 1.68. The van der Waals surface area contributed by atoms with Crippen LogP contribution in [-0.2, 0) is 0 Å². The molecule has 0 saturated carbocycles. The van der Waals surface area contributed by atoms with Crippen molar-refractivity contribution < 1.29 is 4.79 Å². The van der Waals surface area contributed by atoms with Crippen LogP contribution in [0.25, 0.3) is 5.69 Å². The maximum absolute atomic E-state index is 12.4. The average Bonchev–Trinajstić information content (AvgIpc) is 3.14. The second kappa shape index (κ2) is 7.22. The first-order chi connectivity index (χ1) is 11.3. The highest BCUT2D eigenvalue weighted by Gasteiger charge is 2.11. The molecule has 2 heterocycles. The Bertz CT molecular complexity index is 756. The van der Waals surface area contributed by atoms with Gasteiger partial charge in [-0.25, -0.2) is 4.68 Å². The minimum Gasteiger partial charge on any atom is -0.382 e. The van der Waals surface area contributed by atoms with Gasteiger partial charge in [0.1, 0.15) is 0 Å². The Labute approximate surface area is 134 Å². The SMILES string of the molecule is O=C(NCCNc1cccnc1)c1ccccc1-n1cccn1. The summed E-state index contributed by atoms with van der Waals surface area (Å²) in [5.74, 6) is -0.121. The molecule has 0 atom stereocenters. The van der Waals surface area contributed by atoms with Gasteiger partial charge in [0, 0.05) is 37.9 Å². The molecule has 0 bridgehead atoms. The Morgan fingerprint density at radius 1 is 1.04 bits per heavy atom. The number of benzene rings is 1. The van der Waals surface area contributed by atoms with Crippen LogP contribution in [-0.4, -0.2) is 33.8 Å². The molecule has 0 unspecified atom stereocenters. The first-order valence-corrected chi connectivity index (χ1v) is 7.36. The molecule has 6 nitrogen and oxygen atoms in total. The summed E-state index contributed by atoms with van der Waals surface area (Å²) >= 11 is 0. The lowest BCUT2D eigenvalue weighted by molar-refractivity contribution is 0.0955. The summed E-state index contributed by atoms with van der Waals surface area (Å²) in [5, 5.41) is 10.3. The number of aromatic nitrogens is 3. The molecule has 0 spiro atoms. The van der Waals surface area contributed by atoms with Gasteiger partial charge in [-0.15, -0.1) is 0 Å². The van der Waals surface area contributed by atoms with E-state index in [2.05, 4.69) is 20.7 Å². The predicted molar refractivity (Wildman–Crippen MR) is 88.6 cm³/mol. The quantitative estimate of drug-likeness (QED) is 0.684. The molecule has 23 heavy (non-hydrogen) atoms. The summed E-state index contributed by atoms with van der Waals surface area (Å²) in [7, 11) is 0. The van der Waals surface area contributed by atoms with Gasteiger partial charge in [0.25, 0.3) is 5.91 Å². The van der Waals surface area contributed by atoms with Gasteiger partial charge in [0.2, 0.25) is 0 Å². The Kier molecular flexibility index (Phi) is 4.63. The third-order valence-electron chi connectivity index (χ3n) is 3.30. The summed E-state index contributed by atoms with van der Waals surface area (Å²) in [6, 6.07) is 13.0. The second-order valence-corrected chi connectivity index (χ2v) is 4.89. The number of hydrogen-bond acceptors (Lipinski definition) is 4. The monoisotopic (exact) mass is 307 g/mol. The Morgan fingerprint density at radius 3 is 2.74 bits per heavy atom. The molecule has 3 aromatic rings. The highest BCUT2D eigenvalue weighted by molar-refractivity contribution is 5.97. The van der Waals surface area contributed by atoms with E-state index in [4.69, 9.17) is 0 Å². The molecule has 6 heteroatoms. The lowest BCUT2D eigenvalue weighted by Gasteiger charge is -2.11. The van der Waals surface area contributed by atoms with Crippen molar-refractivity contribution in [3.05, 3.63) is 72.8 Å². The molecule has 2 aromatic heterocycles. The van der Waals surface area contributed by atoms with Crippen molar-refractivity contribution in [2.45, 2.75) is 0 Å². The molecular formula is C17H17N5O. The van der Waals surface area contributed by atoms with Crippen LogP contribution in [0.3, 0.4) is 0 Å². The lowest BCUT2D eigenvalue weighted by atomic mass is 10.1. The van der Waals surface area contributed by atoms with Crippen LogP contribution in [0.1, 0.15) is 10.4 Å². The standard InChI is InChI=1S/C17H17N5O/c23-17(20-11-10-19-14-5-3-8-18-13-14)15-6-1-2-7-16(15)22-12-4-9-21-22/h1-9,12-13,19H,10-11H2,(H,20,23). The van der Waals surface area contributed by atoms with Crippen LogP contribution >= 0.6 is 0 Å². The van der Waals surface area contributed by atoms with Crippen LogP contribution in [0.15, 0.2) is 67.3 Å². The van der Waals surface area contributed by atoms with Crippen molar-refractivity contribution in [2.24, 2.45) is 0 Å². The van der Waals surface area contributed by atoms with E-state index < -0.39 is 0 Å². The van der Waals surface area contributed by atoms with E-state index >= 15 is 0 Å². The molecule has 1 aromatic carbocycles. The number of anilines is 1. The van der Waals surface area contributed by atoms with Gasteiger partial charge in [0.05, 0.1) is 16.9 Å². The van der Waals surface area contributed by atoms with Gasteiger partial charge >= 0.3 is 0 Å². The fourth-order valence-corrected chi connectivity index (χ4v) is 2.22. The van der Waals surface area contributed by atoms with Crippen LogP contribution in [0.2, 0.25) is 0 Å². The zero-order valence-electron chi connectivity index (χ0n) is 12.5. The zero-order valence-corrected chi connectivity index (χ0v) is 12.5. The van der Waals surface area contributed by atoms with Crippen molar-refractivity contribution in [3.63, 3.8) is 0 Å². The Hall–Kier alpha value is -3.15. The number of pyridine rings is 1. The molecule has 1 amide bonds. The summed E-state index contributed by atoms with van der Waals surface area (Å²) in [5.41, 5.74) is 2.28. The van der Waals surface area contributed by atoms with E-state index in [1.165, 1.54) is 0 Å². The molecule has 0 aliphatic carbocycles. The highest BCUT2D eigenvalue weighted by Crippen LogP contribution is 2.13. The van der Waals surface area contributed by atoms with Gasteiger partial charge in [-0.1, -0.05) is 12.1 Å². The summed E-state index contributed by atoms with van der Waals surface area (Å²) in [6.45, 7) is 1.14. The highest BCUT2D eigenvalue weighted by atomic mass is 16.1. The topological polar surface area (TPSA) is 71.8 Å². The van der Waals surface area contributed by atoms with Crippen molar-refractivity contribution >= 4 is 11.6 Å². The minimum atomic E-state index is -0.121. The van der Waals surface area contributed by atoms with Crippen molar-refractivity contribution in [2.75, 3.05) is 18.4 Å². The van der Waals surface area contributed by atoms with E-state index in [1.54, 1.807) is 29.3 Å². The predicted octanol–water partition coefficient (Wildman–Crippen LogP) is 2.11. The van der Waals surface area contributed by atoms with Crippen molar-refractivity contribution in [1.29, 1.82) is 0 Å². The van der Waals surface area contributed by atoms with E-state index in [0.29, 0.717) is 18.7 Å². The smallest absolute Gasteiger partial charge is 0.253 e. The molecule has 0 fully saturated rings. The van der Waals surface area contributed by atoms with Crippen molar-refractivity contribution in [1.82, 2.24) is 20.1 Å². The van der Waals surface area contributed by atoms with Gasteiger partial charge < -0.3 is 10.6 Å². The molecular weight excluding hydrogens is 290 g/mol. The van der Waals surface area contributed by atoms with Crippen LogP contribution < -0.4 is 10.6 Å². The third-order valence-corrected chi connectivity index (χ3v) is 3.30. The summed E-state index contributed by atoms with van der Waals surface area (Å²) in [6.07, 6.45) is 6.97. The number of hydrogen-bond donors (Lipinski definition) is 2. The molecule has 0 aliphatic heterocycles. The maximum Gasteiger partial charge on any atom is 0.253 e. The maximum atomic E-state index is 12.4. The second-order valence-electron chi connectivity index (χ2n) is 4.89. The lowest BCUT2D eigenvalue weighted by Crippen LogP contribution is -2.29. The number of carbonyl (C=O) groups excluding carboxylic acids is 1. The number of para-hydroxylation sites is 1. The van der Waals surface area contributed by atoms with E-state index in [1.807, 2.05) is 42.6 Å². The van der Waals surface area contributed by atoms with Gasteiger partial charge in [-0.2, -0.15) is 5.10 Å².